The van der Waals surface area contributed by atoms with Gasteiger partial charge in [0.15, 0.2) is 5.96 Å². The summed E-state index contributed by atoms with van der Waals surface area (Å²) < 4.78 is 11.0. The molecule has 2 N–H and O–H groups in total. The highest BCUT2D eigenvalue weighted by Gasteiger charge is 2.00. The van der Waals surface area contributed by atoms with Crippen molar-refractivity contribution >= 4 is 29.9 Å². The van der Waals surface area contributed by atoms with E-state index >= 15 is 0 Å². The van der Waals surface area contributed by atoms with Crippen LogP contribution in [-0.4, -0.2) is 45.9 Å². The molecule has 0 aromatic heterocycles. The number of hydrogen-bond donors (Lipinski definition) is 2. The molecule has 0 aliphatic carbocycles. The van der Waals surface area contributed by atoms with Crippen LogP contribution in [-0.2, 0) is 11.2 Å². The number of unbranched alkanes of at least 4 members (excludes halogenated alkanes) is 1. The van der Waals surface area contributed by atoms with E-state index in [0.717, 1.165) is 63.9 Å². The first-order chi connectivity index (χ1) is 12.2. The van der Waals surface area contributed by atoms with Gasteiger partial charge in [-0.3, -0.25) is 4.99 Å². The van der Waals surface area contributed by atoms with Crippen LogP contribution in [0, 0.1) is 5.92 Å². The molecule has 0 saturated carbocycles. The van der Waals surface area contributed by atoms with Crippen molar-refractivity contribution in [1.29, 1.82) is 0 Å². The van der Waals surface area contributed by atoms with Crippen LogP contribution < -0.4 is 15.4 Å². The number of ether oxygens (including phenoxy) is 2. The van der Waals surface area contributed by atoms with Crippen LogP contribution >= 0.6 is 24.0 Å². The van der Waals surface area contributed by atoms with E-state index in [9.17, 15) is 0 Å². The lowest BCUT2D eigenvalue weighted by atomic mass is 10.1. The fourth-order valence-corrected chi connectivity index (χ4v) is 2.24. The molecule has 0 amide bonds. The SMILES string of the molecule is CCOCCCCNC(=NC)NCCc1ccc(OCC(C)C)cc1.I. The minimum atomic E-state index is 0. The maximum absolute atomic E-state index is 5.71. The predicted octanol–water partition coefficient (Wildman–Crippen LogP) is 3.86. The number of nitrogens with zero attached hydrogens (tertiary/aromatic N) is 1. The van der Waals surface area contributed by atoms with Crippen molar-refractivity contribution in [3.63, 3.8) is 0 Å². The fourth-order valence-electron chi connectivity index (χ4n) is 2.24. The second-order valence-corrected chi connectivity index (χ2v) is 6.43. The molecule has 0 fully saturated rings. The molecule has 0 atom stereocenters. The van der Waals surface area contributed by atoms with Gasteiger partial charge >= 0.3 is 0 Å². The molecule has 1 aromatic carbocycles. The summed E-state index contributed by atoms with van der Waals surface area (Å²) in [7, 11) is 1.80. The van der Waals surface area contributed by atoms with Crippen LogP contribution in [0.1, 0.15) is 39.2 Å². The van der Waals surface area contributed by atoms with Gasteiger partial charge in [-0.15, -0.1) is 24.0 Å². The van der Waals surface area contributed by atoms with Gasteiger partial charge in [0, 0.05) is 33.4 Å². The molecule has 0 radical (unpaired) electrons. The minimum Gasteiger partial charge on any atom is -0.493 e. The summed E-state index contributed by atoms with van der Waals surface area (Å²) in [5.74, 6) is 2.34. The van der Waals surface area contributed by atoms with Gasteiger partial charge in [-0.2, -0.15) is 0 Å². The third kappa shape index (κ3) is 12.4. The fraction of sp³-hybridized carbons (Fsp3) is 0.650. The van der Waals surface area contributed by atoms with Crippen molar-refractivity contribution < 1.29 is 9.47 Å². The van der Waals surface area contributed by atoms with Crippen LogP contribution in [0.3, 0.4) is 0 Å². The van der Waals surface area contributed by atoms with E-state index in [-0.39, 0.29) is 24.0 Å². The number of nitrogens with one attached hydrogen (secondary N) is 2. The molecule has 26 heavy (non-hydrogen) atoms. The van der Waals surface area contributed by atoms with Crippen molar-refractivity contribution in [2.24, 2.45) is 10.9 Å². The number of aliphatic imine (C=N–C) groups is 1. The lowest BCUT2D eigenvalue weighted by molar-refractivity contribution is 0.143. The van der Waals surface area contributed by atoms with Gasteiger partial charge in [0.05, 0.1) is 6.61 Å². The molecule has 0 saturated heterocycles. The summed E-state index contributed by atoms with van der Waals surface area (Å²) in [6, 6.07) is 8.34. The van der Waals surface area contributed by atoms with Crippen molar-refractivity contribution in [2.45, 2.75) is 40.0 Å². The smallest absolute Gasteiger partial charge is 0.190 e. The Hall–Kier alpha value is -1.02. The van der Waals surface area contributed by atoms with Gasteiger partial charge in [0.25, 0.3) is 0 Å². The molecule has 1 rings (SSSR count). The van der Waals surface area contributed by atoms with Gasteiger partial charge in [0.2, 0.25) is 0 Å². The Morgan fingerprint density at radius 1 is 1.08 bits per heavy atom. The van der Waals surface area contributed by atoms with Gasteiger partial charge < -0.3 is 20.1 Å². The maximum Gasteiger partial charge on any atom is 0.190 e. The van der Waals surface area contributed by atoms with E-state index < -0.39 is 0 Å². The summed E-state index contributed by atoms with van der Waals surface area (Å²) in [6.07, 6.45) is 3.11. The highest BCUT2D eigenvalue weighted by atomic mass is 127. The minimum absolute atomic E-state index is 0. The van der Waals surface area contributed by atoms with Crippen molar-refractivity contribution in [2.75, 3.05) is 40.0 Å². The Kier molecular flexibility index (Phi) is 15.5. The zero-order chi connectivity index (χ0) is 18.3. The van der Waals surface area contributed by atoms with Crippen LogP contribution in [0.25, 0.3) is 0 Å². The van der Waals surface area contributed by atoms with Crippen LogP contribution in [0.4, 0.5) is 0 Å². The third-order valence-corrected chi connectivity index (χ3v) is 3.65. The van der Waals surface area contributed by atoms with E-state index in [4.69, 9.17) is 9.47 Å². The molecular formula is C20H36IN3O2. The van der Waals surface area contributed by atoms with Gasteiger partial charge in [0.1, 0.15) is 5.75 Å². The van der Waals surface area contributed by atoms with E-state index in [1.54, 1.807) is 7.05 Å². The molecule has 0 aliphatic heterocycles. The number of rotatable bonds is 12. The van der Waals surface area contributed by atoms with E-state index in [1.807, 2.05) is 19.1 Å². The quantitative estimate of drug-likeness (QED) is 0.208. The first-order valence-corrected chi connectivity index (χ1v) is 9.39. The topological polar surface area (TPSA) is 54.9 Å². The lowest BCUT2D eigenvalue weighted by Gasteiger charge is -2.12. The van der Waals surface area contributed by atoms with Gasteiger partial charge in [-0.1, -0.05) is 26.0 Å². The molecule has 0 heterocycles. The summed E-state index contributed by atoms with van der Waals surface area (Å²) in [4.78, 5) is 4.25. The first kappa shape index (κ1) is 25.0. The van der Waals surface area contributed by atoms with Crippen LogP contribution in [0.15, 0.2) is 29.3 Å². The largest absolute Gasteiger partial charge is 0.493 e. The normalized spacial score (nSPS) is 11.2. The molecule has 5 nitrogen and oxygen atoms in total. The number of hydrogen-bond acceptors (Lipinski definition) is 3. The van der Waals surface area contributed by atoms with Gasteiger partial charge in [-0.05, 0) is 49.8 Å². The number of benzene rings is 1. The number of halogens is 1. The molecule has 0 spiro atoms. The molecular weight excluding hydrogens is 441 g/mol. The maximum atomic E-state index is 5.71. The van der Waals surface area contributed by atoms with E-state index in [2.05, 4.69) is 41.6 Å². The Balaban J connectivity index is 0.00000625. The van der Waals surface area contributed by atoms with Gasteiger partial charge in [-0.25, -0.2) is 0 Å². The summed E-state index contributed by atoms with van der Waals surface area (Å²) in [5.41, 5.74) is 1.29. The summed E-state index contributed by atoms with van der Waals surface area (Å²) in [5, 5.41) is 6.68. The number of guanidine groups is 1. The molecule has 150 valence electrons. The molecule has 1 aromatic rings. The Labute approximate surface area is 176 Å². The lowest BCUT2D eigenvalue weighted by Crippen LogP contribution is -2.38. The predicted molar refractivity (Wildman–Crippen MR) is 121 cm³/mol. The highest BCUT2D eigenvalue weighted by Crippen LogP contribution is 2.13. The Bertz CT molecular complexity index is 478. The van der Waals surface area contributed by atoms with E-state index in [1.165, 1.54) is 5.56 Å². The van der Waals surface area contributed by atoms with E-state index in [0.29, 0.717) is 5.92 Å². The molecule has 6 heteroatoms. The zero-order valence-corrected chi connectivity index (χ0v) is 19.0. The Morgan fingerprint density at radius 2 is 1.77 bits per heavy atom. The monoisotopic (exact) mass is 477 g/mol. The average molecular weight is 477 g/mol. The highest BCUT2D eigenvalue weighted by molar-refractivity contribution is 14.0. The average Bonchev–Trinajstić information content (AvgIpc) is 2.62. The second-order valence-electron chi connectivity index (χ2n) is 6.43. The molecule has 0 aliphatic rings. The summed E-state index contributed by atoms with van der Waals surface area (Å²) >= 11 is 0. The molecule has 0 bridgehead atoms. The van der Waals surface area contributed by atoms with Crippen molar-refractivity contribution in [3.8, 4) is 5.75 Å². The zero-order valence-electron chi connectivity index (χ0n) is 16.7. The Morgan fingerprint density at radius 3 is 2.38 bits per heavy atom. The molecule has 0 unspecified atom stereocenters. The summed E-state index contributed by atoms with van der Waals surface area (Å²) in [6.45, 7) is 10.5. The van der Waals surface area contributed by atoms with Crippen LogP contribution in [0.2, 0.25) is 0 Å². The standard InChI is InChI=1S/C20H35N3O2.HI/c1-5-24-15-7-6-13-22-20(21-4)23-14-12-18-8-10-19(11-9-18)25-16-17(2)3;/h8-11,17H,5-7,12-16H2,1-4H3,(H2,21,22,23);1H. The first-order valence-electron chi connectivity index (χ1n) is 9.39. The third-order valence-electron chi connectivity index (χ3n) is 3.65. The second kappa shape index (κ2) is 16.2. The van der Waals surface area contributed by atoms with Crippen LogP contribution in [0.5, 0.6) is 5.75 Å². The van der Waals surface area contributed by atoms with Crippen molar-refractivity contribution in [3.05, 3.63) is 29.8 Å². The van der Waals surface area contributed by atoms with Crippen molar-refractivity contribution in [1.82, 2.24) is 10.6 Å².